The highest BCUT2D eigenvalue weighted by Crippen LogP contribution is 2.32. The van der Waals surface area contributed by atoms with E-state index in [-0.39, 0.29) is 18.6 Å². The third-order valence-corrected chi connectivity index (χ3v) is 2.37. The molecule has 0 fully saturated rings. The van der Waals surface area contributed by atoms with Crippen LogP contribution < -0.4 is 5.32 Å². The summed E-state index contributed by atoms with van der Waals surface area (Å²) >= 11 is 0. The van der Waals surface area contributed by atoms with Crippen LogP contribution in [-0.4, -0.2) is 25.8 Å². The number of rotatable bonds is 5. The van der Waals surface area contributed by atoms with Gasteiger partial charge < -0.3 is 10.1 Å². The number of ether oxygens (including phenoxy) is 1. The highest BCUT2D eigenvalue weighted by Gasteiger charge is 2.41. The number of carbonyl (C=O) groups excluding carboxylic acids is 1. The molecule has 1 atom stereocenters. The van der Waals surface area contributed by atoms with Gasteiger partial charge in [-0.25, -0.2) is 4.39 Å². The van der Waals surface area contributed by atoms with Gasteiger partial charge in [-0.15, -0.1) is 0 Å². The first-order valence-electron chi connectivity index (χ1n) is 5.45. The van der Waals surface area contributed by atoms with Crippen molar-refractivity contribution in [3.8, 4) is 0 Å². The summed E-state index contributed by atoms with van der Waals surface area (Å²) in [4.78, 5) is 11.3. The number of benzene rings is 1. The summed E-state index contributed by atoms with van der Waals surface area (Å²) in [5.74, 6) is -1.43. The largest absolute Gasteiger partial charge is 0.412 e. The second kappa shape index (κ2) is 6.51. The van der Waals surface area contributed by atoms with Crippen LogP contribution in [0, 0.1) is 5.82 Å². The molecule has 0 bridgehead atoms. The van der Waals surface area contributed by atoms with Crippen molar-refractivity contribution in [2.45, 2.75) is 18.6 Å². The molecule has 19 heavy (non-hydrogen) atoms. The Balaban J connectivity index is 2.84. The SMILES string of the molecule is COCCC(=O)N[C@@H](c1ccc(F)cc1)C(F)(F)F. The Hall–Kier alpha value is -1.63. The lowest BCUT2D eigenvalue weighted by atomic mass is 10.1. The molecule has 0 saturated heterocycles. The van der Waals surface area contributed by atoms with Crippen molar-refractivity contribution in [3.63, 3.8) is 0 Å². The van der Waals surface area contributed by atoms with E-state index in [1.165, 1.54) is 7.11 Å². The molecule has 0 aliphatic carbocycles. The van der Waals surface area contributed by atoms with Gasteiger partial charge in [0.05, 0.1) is 6.61 Å². The van der Waals surface area contributed by atoms with E-state index in [1.54, 1.807) is 0 Å². The molecule has 0 aromatic heterocycles. The molecule has 0 aliphatic rings. The topological polar surface area (TPSA) is 38.3 Å². The number of halogens is 4. The molecule has 1 aromatic rings. The number of hydrogen-bond acceptors (Lipinski definition) is 2. The number of hydrogen-bond donors (Lipinski definition) is 1. The molecule has 0 radical (unpaired) electrons. The van der Waals surface area contributed by atoms with Crippen molar-refractivity contribution in [1.82, 2.24) is 5.32 Å². The monoisotopic (exact) mass is 279 g/mol. The zero-order chi connectivity index (χ0) is 14.5. The maximum atomic E-state index is 12.8. The Kier molecular flexibility index (Phi) is 5.29. The Morgan fingerprint density at radius 2 is 1.89 bits per heavy atom. The number of amides is 1. The summed E-state index contributed by atoms with van der Waals surface area (Å²) in [5, 5.41) is 1.86. The van der Waals surface area contributed by atoms with Gasteiger partial charge in [0.15, 0.2) is 6.04 Å². The van der Waals surface area contributed by atoms with Crippen LogP contribution in [0.25, 0.3) is 0 Å². The average Bonchev–Trinajstić information content (AvgIpc) is 2.33. The fraction of sp³-hybridized carbons (Fsp3) is 0.417. The highest BCUT2D eigenvalue weighted by atomic mass is 19.4. The molecule has 0 saturated carbocycles. The summed E-state index contributed by atoms with van der Waals surface area (Å²) in [6, 6.07) is 1.65. The molecule has 106 valence electrons. The number of carbonyl (C=O) groups is 1. The molecule has 1 aromatic carbocycles. The second-order valence-electron chi connectivity index (χ2n) is 3.84. The van der Waals surface area contributed by atoms with Gasteiger partial charge in [0.1, 0.15) is 5.82 Å². The fourth-order valence-corrected chi connectivity index (χ4v) is 1.44. The van der Waals surface area contributed by atoms with Crippen LogP contribution in [0.3, 0.4) is 0 Å². The van der Waals surface area contributed by atoms with E-state index in [0.717, 1.165) is 24.3 Å². The van der Waals surface area contributed by atoms with Crippen molar-refractivity contribution >= 4 is 5.91 Å². The summed E-state index contributed by atoms with van der Waals surface area (Å²) in [6.07, 6.45) is -4.83. The van der Waals surface area contributed by atoms with E-state index >= 15 is 0 Å². The average molecular weight is 279 g/mol. The standard InChI is InChI=1S/C12H13F4NO2/c1-19-7-6-10(18)17-11(12(14,15)16)8-2-4-9(13)5-3-8/h2-5,11H,6-7H2,1H3,(H,17,18)/t11-/m0/s1. The third kappa shape index (κ3) is 4.86. The lowest BCUT2D eigenvalue weighted by molar-refractivity contribution is -0.163. The Bertz CT molecular complexity index is 417. The van der Waals surface area contributed by atoms with Crippen LogP contribution in [-0.2, 0) is 9.53 Å². The minimum absolute atomic E-state index is 0.0276. The maximum absolute atomic E-state index is 12.8. The van der Waals surface area contributed by atoms with Gasteiger partial charge in [-0.05, 0) is 17.7 Å². The van der Waals surface area contributed by atoms with Gasteiger partial charge in [-0.2, -0.15) is 13.2 Å². The fourth-order valence-electron chi connectivity index (χ4n) is 1.44. The molecule has 7 heteroatoms. The van der Waals surface area contributed by atoms with Gasteiger partial charge in [0, 0.05) is 13.5 Å². The first kappa shape index (κ1) is 15.4. The second-order valence-corrected chi connectivity index (χ2v) is 3.84. The van der Waals surface area contributed by atoms with Crippen LogP contribution in [0.15, 0.2) is 24.3 Å². The Morgan fingerprint density at radius 1 is 1.32 bits per heavy atom. The van der Waals surface area contributed by atoms with Gasteiger partial charge in [-0.1, -0.05) is 12.1 Å². The highest BCUT2D eigenvalue weighted by molar-refractivity contribution is 5.76. The Labute approximate surface area is 107 Å². The molecule has 1 amide bonds. The lowest BCUT2D eigenvalue weighted by Gasteiger charge is -2.22. The first-order valence-corrected chi connectivity index (χ1v) is 5.45. The van der Waals surface area contributed by atoms with Crippen molar-refractivity contribution in [2.75, 3.05) is 13.7 Å². The first-order chi connectivity index (χ1) is 8.84. The molecule has 1 N–H and O–H groups in total. The normalized spacial score (nSPS) is 13.1. The zero-order valence-electron chi connectivity index (χ0n) is 10.1. The van der Waals surface area contributed by atoms with Gasteiger partial charge in [0.25, 0.3) is 0 Å². The molecule has 3 nitrogen and oxygen atoms in total. The number of alkyl halides is 3. The third-order valence-electron chi connectivity index (χ3n) is 2.37. The molecular weight excluding hydrogens is 266 g/mol. The van der Waals surface area contributed by atoms with Crippen LogP contribution in [0.1, 0.15) is 18.0 Å². The minimum atomic E-state index is -4.65. The molecule has 0 heterocycles. The van der Waals surface area contributed by atoms with E-state index in [2.05, 4.69) is 4.74 Å². The van der Waals surface area contributed by atoms with Crippen LogP contribution in [0.5, 0.6) is 0 Å². The maximum Gasteiger partial charge on any atom is 0.412 e. The van der Waals surface area contributed by atoms with Crippen molar-refractivity contribution in [3.05, 3.63) is 35.6 Å². The Morgan fingerprint density at radius 3 is 2.37 bits per heavy atom. The zero-order valence-corrected chi connectivity index (χ0v) is 10.1. The van der Waals surface area contributed by atoms with E-state index in [0.29, 0.717) is 0 Å². The predicted molar refractivity (Wildman–Crippen MR) is 59.8 cm³/mol. The van der Waals surface area contributed by atoms with Gasteiger partial charge in [-0.3, -0.25) is 4.79 Å². The van der Waals surface area contributed by atoms with Crippen molar-refractivity contribution in [2.24, 2.45) is 0 Å². The minimum Gasteiger partial charge on any atom is -0.384 e. The molecule has 1 rings (SSSR count). The molecular formula is C12H13F4NO2. The van der Waals surface area contributed by atoms with Crippen LogP contribution in [0.2, 0.25) is 0 Å². The number of nitrogens with one attached hydrogen (secondary N) is 1. The smallest absolute Gasteiger partial charge is 0.384 e. The van der Waals surface area contributed by atoms with Crippen molar-refractivity contribution < 1.29 is 27.1 Å². The quantitative estimate of drug-likeness (QED) is 0.841. The van der Waals surface area contributed by atoms with Crippen molar-refractivity contribution in [1.29, 1.82) is 0 Å². The van der Waals surface area contributed by atoms with E-state index < -0.39 is 23.9 Å². The van der Waals surface area contributed by atoms with E-state index in [1.807, 2.05) is 5.32 Å². The van der Waals surface area contributed by atoms with Crippen LogP contribution in [0.4, 0.5) is 17.6 Å². The van der Waals surface area contributed by atoms with Crippen LogP contribution >= 0.6 is 0 Å². The van der Waals surface area contributed by atoms with Gasteiger partial charge >= 0.3 is 6.18 Å². The molecule has 0 spiro atoms. The summed E-state index contributed by atoms with van der Waals surface area (Å²) in [5.41, 5.74) is -0.223. The summed E-state index contributed by atoms with van der Waals surface area (Å²) in [7, 11) is 1.34. The molecule has 0 unspecified atom stereocenters. The predicted octanol–water partition coefficient (Wildman–Crippen LogP) is 2.58. The molecule has 0 aliphatic heterocycles. The summed E-state index contributed by atoms with van der Waals surface area (Å²) < 4.78 is 55.8. The van der Waals surface area contributed by atoms with Gasteiger partial charge in [0.2, 0.25) is 5.91 Å². The van der Waals surface area contributed by atoms with E-state index in [9.17, 15) is 22.4 Å². The lowest BCUT2D eigenvalue weighted by Crippen LogP contribution is -2.38. The summed E-state index contributed by atoms with van der Waals surface area (Å²) in [6.45, 7) is 0.0276. The van der Waals surface area contributed by atoms with E-state index in [4.69, 9.17) is 0 Å². The number of methoxy groups -OCH3 is 1.